The molecule has 2 aromatic heterocycles. The van der Waals surface area contributed by atoms with Gasteiger partial charge in [0.15, 0.2) is 0 Å². The minimum atomic E-state index is -1.64. The lowest BCUT2D eigenvalue weighted by Gasteiger charge is -2.50. The third-order valence-electron chi connectivity index (χ3n) is 5.28. The van der Waals surface area contributed by atoms with Gasteiger partial charge < -0.3 is 20.8 Å². The van der Waals surface area contributed by atoms with Gasteiger partial charge >= 0.3 is 17.8 Å². The van der Waals surface area contributed by atoms with E-state index in [1.54, 1.807) is 0 Å². The van der Waals surface area contributed by atoms with Gasteiger partial charge in [0.05, 0.1) is 6.42 Å². The Kier molecular flexibility index (Phi) is 7.90. The summed E-state index contributed by atoms with van der Waals surface area (Å²) >= 11 is 3.79. The van der Waals surface area contributed by atoms with Gasteiger partial charge in [-0.05, 0) is 28.7 Å². The van der Waals surface area contributed by atoms with Crippen molar-refractivity contribution in [1.82, 2.24) is 36.2 Å². The third kappa shape index (κ3) is 5.52. The lowest BCUT2D eigenvalue weighted by molar-refractivity contribution is -0.150. The number of aliphatic carboxylic acids is 2. The van der Waals surface area contributed by atoms with Crippen LogP contribution in [0.15, 0.2) is 33.9 Å². The van der Waals surface area contributed by atoms with Crippen LogP contribution in [0.2, 0.25) is 0 Å². The highest BCUT2D eigenvalue weighted by Gasteiger charge is 2.54. The number of carboxylic acids is 2. The van der Waals surface area contributed by atoms with Crippen molar-refractivity contribution in [3.63, 3.8) is 0 Å². The molecule has 2 aliphatic heterocycles. The maximum absolute atomic E-state index is 12.9. The first-order valence-corrected chi connectivity index (χ1v) is 13.2. The number of nitrogens with one attached hydrogen (secondary N) is 3. The third-order valence-corrected chi connectivity index (χ3v) is 8.65. The highest BCUT2D eigenvalue weighted by Crippen LogP contribution is 2.44. The summed E-state index contributed by atoms with van der Waals surface area (Å²) in [6.45, 7) is -0.0690. The number of tetrazole rings is 1. The Morgan fingerprint density at radius 1 is 1.31 bits per heavy atom. The molecule has 0 aliphatic carbocycles. The summed E-state index contributed by atoms with van der Waals surface area (Å²) in [4.78, 5) is 61.8. The topological polar surface area (TPSA) is 208 Å². The van der Waals surface area contributed by atoms with Crippen molar-refractivity contribution in [3.05, 3.63) is 33.7 Å². The van der Waals surface area contributed by atoms with Crippen molar-refractivity contribution in [3.8, 4) is 0 Å². The molecule has 1 saturated heterocycles. The Balaban J connectivity index is 1.52. The second kappa shape index (κ2) is 11.1. The number of fused-ring (bicyclic) bond motifs is 1. The van der Waals surface area contributed by atoms with Crippen molar-refractivity contribution >= 4 is 64.5 Å². The summed E-state index contributed by atoms with van der Waals surface area (Å²) in [6.07, 6.45) is 0.260. The van der Waals surface area contributed by atoms with Gasteiger partial charge in [-0.25, -0.2) is 9.59 Å². The van der Waals surface area contributed by atoms with Crippen LogP contribution < -0.4 is 10.6 Å². The van der Waals surface area contributed by atoms with E-state index in [4.69, 9.17) is 5.11 Å². The second-order valence-corrected chi connectivity index (χ2v) is 10.8. The molecular weight excluding hydrogens is 534 g/mol. The van der Waals surface area contributed by atoms with Crippen LogP contribution in [0.4, 0.5) is 0 Å². The number of aromatic amines is 1. The highest BCUT2D eigenvalue weighted by molar-refractivity contribution is 8.01. The molecule has 14 nitrogen and oxygen atoms in total. The average Bonchev–Trinajstić information content (AvgIpc) is 3.55. The number of thioether (sulfide) groups is 2. The summed E-state index contributed by atoms with van der Waals surface area (Å²) in [6, 6.07) is 2.78. The van der Waals surface area contributed by atoms with Crippen molar-refractivity contribution in [1.29, 1.82) is 0 Å². The van der Waals surface area contributed by atoms with Crippen molar-refractivity contribution < 1.29 is 34.2 Å². The number of β-lactam (4-membered cyclic amide) rings is 1. The number of amides is 3. The standard InChI is InChI=1S/C19H19N7O7S3/c27-11(6-8-2-1-5-34-8)21-12-15(29)26-13(17(30)31)9(7-35-16(12)26)10(36-19-22-24-25-23-19)3-4-20-14(28)18(32)33/h1-2,5,10,12,16H,3-4,6-7H2,(H,20,28)(H,21,27)(H,30,31)(H,32,33)(H,22,23,24,25)/t10?,12?,16-/m0/s1. The second-order valence-electron chi connectivity index (χ2n) is 7.54. The maximum atomic E-state index is 12.9. The smallest absolute Gasteiger partial charge is 0.394 e. The van der Waals surface area contributed by atoms with E-state index in [9.17, 15) is 29.1 Å². The molecule has 190 valence electrons. The molecule has 2 aliphatic rings. The monoisotopic (exact) mass is 553 g/mol. The molecule has 0 bridgehead atoms. The summed E-state index contributed by atoms with van der Waals surface area (Å²) in [5.41, 5.74) is 0.179. The van der Waals surface area contributed by atoms with Crippen LogP contribution in [0.25, 0.3) is 0 Å². The number of H-pyrrole nitrogens is 1. The summed E-state index contributed by atoms with van der Waals surface area (Å²) in [7, 11) is 0. The van der Waals surface area contributed by atoms with E-state index in [0.717, 1.165) is 21.5 Å². The molecule has 0 spiro atoms. The predicted molar refractivity (Wildman–Crippen MR) is 127 cm³/mol. The fourth-order valence-corrected chi connectivity index (χ4v) is 6.95. The van der Waals surface area contributed by atoms with E-state index in [1.165, 1.54) is 23.1 Å². The Labute approximate surface area is 215 Å². The lowest BCUT2D eigenvalue weighted by atomic mass is 10.00. The Hall–Kier alpha value is -3.44. The molecular formula is C19H19N7O7S3. The van der Waals surface area contributed by atoms with Crippen molar-refractivity contribution in [2.75, 3.05) is 12.3 Å². The number of carbonyl (C=O) groups is 5. The zero-order valence-electron chi connectivity index (χ0n) is 18.2. The minimum absolute atomic E-state index is 0.0690. The van der Waals surface area contributed by atoms with E-state index in [2.05, 4.69) is 31.3 Å². The van der Waals surface area contributed by atoms with Crippen LogP contribution in [-0.4, -0.2) is 94.4 Å². The maximum Gasteiger partial charge on any atom is 0.394 e. The van der Waals surface area contributed by atoms with Crippen LogP contribution in [0.3, 0.4) is 0 Å². The van der Waals surface area contributed by atoms with Crippen LogP contribution in [0.1, 0.15) is 11.3 Å². The zero-order valence-corrected chi connectivity index (χ0v) is 20.7. The van der Waals surface area contributed by atoms with E-state index in [1.807, 2.05) is 17.5 Å². The lowest BCUT2D eigenvalue weighted by Crippen LogP contribution is -2.70. The fraction of sp³-hybridized carbons (Fsp3) is 0.368. The summed E-state index contributed by atoms with van der Waals surface area (Å²) < 4.78 is 0. The number of carboxylic acid groups (broad SMARTS) is 2. The molecule has 4 rings (SSSR count). The quantitative estimate of drug-likeness (QED) is 0.140. The minimum Gasteiger partial charge on any atom is -0.477 e. The number of carbonyl (C=O) groups excluding carboxylic acids is 3. The first-order valence-electron chi connectivity index (χ1n) is 10.4. The normalized spacial score (nSPS) is 19.8. The number of nitrogens with zero attached hydrogens (tertiary/aromatic N) is 4. The van der Waals surface area contributed by atoms with Gasteiger partial charge in [0.1, 0.15) is 17.1 Å². The SMILES string of the molecule is O=C(Cc1cccs1)NC1C(=O)N2C(C(=O)O)=C(C(CCNC(=O)C(=O)O)Sc3nn[nH]n3)CS[C@@H]12. The van der Waals surface area contributed by atoms with Gasteiger partial charge in [-0.1, -0.05) is 17.8 Å². The van der Waals surface area contributed by atoms with E-state index in [0.29, 0.717) is 5.57 Å². The Morgan fingerprint density at radius 2 is 2.11 bits per heavy atom. The predicted octanol–water partition coefficient (Wildman–Crippen LogP) is -0.706. The molecule has 36 heavy (non-hydrogen) atoms. The van der Waals surface area contributed by atoms with Crippen LogP contribution >= 0.6 is 34.9 Å². The largest absolute Gasteiger partial charge is 0.477 e. The van der Waals surface area contributed by atoms with Gasteiger partial charge in [-0.3, -0.25) is 19.3 Å². The molecule has 2 aromatic rings. The number of hydrogen-bond acceptors (Lipinski definition) is 11. The van der Waals surface area contributed by atoms with Crippen LogP contribution in [0.5, 0.6) is 0 Å². The molecule has 3 amide bonds. The van der Waals surface area contributed by atoms with Gasteiger partial charge in [0, 0.05) is 22.4 Å². The van der Waals surface area contributed by atoms with E-state index < -0.39 is 40.4 Å². The first kappa shape index (κ1) is 25.6. The zero-order chi connectivity index (χ0) is 25.8. The van der Waals surface area contributed by atoms with Gasteiger partial charge in [0.2, 0.25) is 11.1 Å². The van der Waals surface area contributed by atoms with E-state index in [-0.39, 0.29) is 41.9 Å². The van der Waals surface area contributed by atoms with Gasteiger partial charge in [-0.2, -0.15) is 5.21 Å². The van der Waals surface area contributed by atoms with Crippen molar-refractivity contribution in [2.45, 2.75) is 34.7 Å². The van der Waals surface area contributed by atoms with Crippen molar-refractivity contribution in [2.24, 2.45) is 0 Å². The number of aromatic nitrogens is 4. The molecule has 0 aromatic carbocycles. The summed E-state index contributed by atoms with van der Waals surface area (Å²) in [5.74, 6) is -4.80. The number of hydrogen-bond donors (Lipinski definition) is 5. The van der Waals surface area contributed by atoms with Gasteiger partial charge in [0.25, 0.3) is 5.91 Å². The molecule has 2 unspecified atom stereocenters. The molecule has 17 heteroatoms. The van der Waals surface area contributed by atoms with E-state index >= 15 is 0 Å². The fourth-order valence-electron chi connectivity index (χ4n) is 3.71. The number of rotatable bonds is 10. The summed E-state index contributed by atoms with van der Waals surface area (Å²) in [5, 5.41) is 38.1. The molecule has 1 fully saturated rings. The highest BCUT2D eigenvalue weighted by atomic mass is 32.2. The molecule has 0 saturated carbocycles. The molecule has 0 radical (unpaired) electrons. The Morgan fingerprint density at radius 3 is 2.75 bits per heavy atom. The Bertz CT molecular complexity index is 1200. The van der Waals surface area contributed by atoms with Gasteiger partial charge in [-0.15, -0.1) is 33.3 Å². The number of thiophene rings is 1. The first-order chi connectivity index (χ1) is 17.3. The molecule has 3 atom stereocenters. The van der Waals surface area contributed by atoms with Crippen LogP contribution in [-0.2, 0) is 30.4 Å². The van der Waals surface area contributed by atoms with Crippen LogP contribution in [0, 0.1) is 0 Å². The molecule has 4 heterocycles. The molecule has 5 N–H and O–H groups in total. The average molecular weight is 554 g/mol.